The van der Waals surface area contributed by atoms with Crippen LogP contribution >= 0.6 is 0 Å². The molecule has 2 nitrogen and oxygen atoms in total. The second-order valence-electron chi connectivity index (χ2n) is 7.38. The molecule has 2 atom stereocenters. The highest BCUT2D eigenvalue weighted by molar-refractivity contribution is 5.78. The number of aliphatic hydroxyl groups is 1. The van der Waals surface area contributed by atoms with Crippen molar-refractivity contribution in [2.75, 3.05) is 0 Å². The van der Waals surface area contributed by atoms with Crippen molar-refractivity contribution in [3.05, 3.63) is 35.8 Å². The normalized spacial score (nSPS) is 27.2. The molecule has 1 N–H and O–H groups in total. The molecule has 0 amide bonds. The van der Waals surface area contributed by atoms with Gasteiger partial charge in [-0.05, 0) is 48.4 Å². The molecular formula is C18H23FO2. The first-order chi connectivity index (χ1) is 9.80. The Morgan fingerprint density at radius 1 is 1.24 bits per heavy atom. The average molecular weight is 290 g/mol. The fraction of sp³-hybridized carbons (Fsp3) is 0.556. The van der Waals surface area contributed by atoms with Gasteiger partial charge in [-0.25, -0.2) is 4.39 Å². The van der Waals surface area contributed by atoms with E-state index in [0.717, 1.165) is 24.6 Å². The molecular weight excluding hydrogens is 267 g/mol. The van der Waals surface area contributed by atoms with E-state index in [1.165, 1.54) is 12.1 Å². The molecule has 114 valence electrons. The first-order valence-corrected chi connectivity index (χ1v) is 7.73. The lowest BCUT2D eigenvalue weighted by Crippen LogP contribution is -2.44. The van der Waals surface area contributed by atoms with E-state index < -0.39 is 5.60 Å². The Labute approximate surface area is 125 Å². The van der Waals surface area contributed by atoms with Crippen molar-refractivity contribution < 1.29 is 13.9 Å². The first-order valence-electron chi connectivity index (χ1n) is 7.73. The number of rotatable bonds is 1. The van der Waals surface area contributed by atoms with Crippen LogP contribution in [0.15, 0.2) is 28.7 Å². The van der Waals surface area contributed by atoms with Gasteiger partial charge in [0.05, 0.1) is 0 Å². The van der Waals surface area contributed by atoms with Crippen molar-refractivity contribution in [3.8, 4) is 0 Å². The molecule has 1 heterocycles. The zero-order chi connectivity index (χ0) is 15.3. The Kier molecular flexibility index (Phi) is 3.36. The van der Waals surface area contributed by atoms with Crippen LogP contribution < -0.4 is 0 Å². The highest BCUT2D eigenvalue weighted by atomic mass is 19.1. The average Bonchev–Trinajstić information content (AvgIpc) is 2.81. The minimum atomic E-state index is -0.952. The summed E-state index contributed by atoms with van der Waals surface area (Å²) in [7, 11) is 0. The van der Waals surface area contributed by atoms with Crippen molar-refractivity contribution in [2.24, 2.45) is 11.3 Å². The quantitative estimate of drug-likeness (QED) is 0.802. The topological polar surface area (TPSA) is 33.4 Å². The second-order valence-corrected chi connectivity index (χ2v) is 7.38. The third-order valence-corrected chi connectivity index (χ3v) is 4.83. The third-order valence-electron chi connectivity index (χ3n) is 4.83. The second kappa shape index (κ2) is 4.84. The Hall–Kier alpha value is -1.35. The standard InChI is InChI=1S/C18H23FO2/c1-17(2,3)15-6-4-5-9-18(15,20)16-11-12-10-13(19)7-8-14(12)21-16/h7-8,10-11,15,20H,4-6,9H2,1-3H3. The molecule has 0 spiro atoms. The van der Waals surface area contributed by atoms with E-state index in [2.05, 4.69) is 20.8 Å². The molecule has 1 fully saturated rings. The van der Waals surface area contributed by atoms with Gasteiger partial charge in [0.15, 0.2) is 0 Å². The SMILES string of the molecule is CC(C)(C)C1CCCCC1(O)c1cc2cc(F)ccc2o1. The predicted molar refractivity (Wildman–Crippen MR) is 81.5 cm³/mol. The van der Waals surface area contributed by atoms with E-state index in [9.17, 15) is 9.50 Å². The zero-order valence-corrected chi connectivity index (χ0v) is 12.9. The maximum atomic E-state index is 13.3. The van der Waals surface area contributed by atoms with Crippen LogP contribution in [-0.2, 0) is 5.60 Å². The summed E-state index contributed by atoms with van der Waals surface area (Å²) in [4.78, 5) is 0. The number of hydrogen-bond donors (Lipinski definition) is 1. The van der Waals surface area contributed by atoms with E-state index in [1.54, 1.807) is 6.07 Å². The maximum absolute atomic E-state index is 13.3. The molecule has 2 aromatic rings. The van der Waals surface area contributed by atoms with Crippen molar-refractivity contribution in [1.29, 1.82) is 0 Å². The summed E-state index contributed by atoms with van der Waals surface area (Å²) in [5.41, 5.74) is -0.316. The molecule has 1 saturated carbocycles. The molecule has 1 aliphatic rings. The van der Waals surface area contributed by atoms with E-state index >= 15 is 0 Å². The largest absolute Gasteiger partial charge is 0.458 e. The molecule has 0 saturated heterocycles. The Morgan fingerprint density at radius 2 is 2.00 bits per heavy atom. The first kappa shape index (κ1) is 14.6. The van der Waals surface area contributed by atoms with Gasteiger partial charge in [0.2, 0.25) is 0 Å². The van der Waals surface area contributed by atoms with Crippen LogP contribution in [0.5, 0.6) is 0 Å². The summed E-state index contributed by atoms with van der Waals surface area (Å²) in [5, 5.41) is 12.0. The van der Waals surface area contributed by atoms with Gasteiger partial charge in [-0.15, -0.1) is 0 Å². The van der Waals surface area contributed by atoms with Crippen molar-refractivity contribution in [1.82, 2.24) is 0 Å². The number of hydrogen-bond acceptors (Lipinski definition) is 2. The highest BCUT2D eigenvalue weighted by Gasteiger charge is 2.48. The van der Waals surface area contributed by atoms with Crippen molar-refractivity contribution in [3.63, 3.8) is 0 Å². The Balaban J connectivity index is 2.09. The molecule has 1 aliphatic carbocycles. The molecule has 1 aromatic carbocycles. The van der Waals surface area contributed by atoms with Crippen LogP contribution in [0.25, 0.3) is 11.0 Å². The van der Waals surface area contributed by atoms with Gasteiger partial charge in [0.25, 0.3) is 0 Å². The van der Waals surface area contributed by atoms with Crippen LogP contribution in [0.4, 0.5) is 4.39 Å². The number of benzene rings is 1. The van der Waals surface area contributed by atoms with E-state index in [4.69, 9.17) is 4.42 Å². The van der Waals surface area contributed by atoms with Crippen LogP contribution in [-0.4, -0.2) is 5.11 Å². The molecule has 1 aromatic heterocycles. The smallest absolute Gasteiger partial charge is 0.137 e. The Morgan fingerprint density at radius 3 is 2.71 bits per heavy atom. The lowest BCUT2D eigenvalue weighted by atomic mass is 9.63. The van der Waals surface area contributed by atoms with E-state index in [-0.39, 0.29) is 17.2 Å². The minimum Gasteiger partial charge on any atom is -0.458 e. The fourth-order valence-electron chi connectivity index (χ4n) is 3.83. The number of furan rings is 1. The van der Waals surface area contributed by atoms with Gasteiger partial charge in [-0.3, -0.25) is 0 Å². The molecule has 3 rings (SSSR count). The highest BCUT2D eigenvalue weighted by Crippen LogP contribution is 2.50. The van der Waals surface area contributed by atoms with Gasteiger partial charge in [0, 0.05) is 5.39 Å². The number of halogens is 1. The van der Waals surface area contributed by atoms with E-state index in [1.807, 2.05) is 6.07 Å². The van der Waals surface area contributed by atoms with Crippen LogP contribution in [0.3, 0.4) is 0 Å². The lowest BCUT2D eigenvalue weighted by molar-refractivity contribution is -0.108. The lowest BCUT2D eigenvalue weighted by Gasteiger charge is -2.45. The zero-order valence-electron chi connectivity index (χ0n) is 12.9. The minimum absolute atomic E-state index is 0.000601. The molecule has 3 heteroatoms. The molecule has 0 radical (unpaired) electrons. The van der Waals surface area contributed by atoms with Crippen LogP contribution in [0.2, 0.25) is 0 Å². The maximum Gasteiger partial charge on any atom is 0.137 e. The van der Waals surface area contributed by atoms with Gasteiger partial charge in [-0.1, -0.05) is 33.6 Å². The van der Waals surface area contributed by atoms with Gasteiger partial charge in [-0.2, -0.15) is 0 Å². The molecule has 2 unspecified atom stereocenters. The Bertz CT molecular complexity index is 653. The summed E-state index contributed by atoms with van der Waals surface area (Å²) < 4.78 is 19.2. The summed E-state index contributed by atoms with van der Waals surface area (Å²) in [6, 6.07) is 6.29. The monoisotopic (exact) mass is 290 g/mol. The van der Waals surface area contributed by atoms with Crippen LogP contribution in [0, 0.1) is 17.2 Å². The molecule has 21 heavy (non-hydrogen) atoms. The number of fused-ring (bicyclic) bond motifs is 1. The van der Waals surface area contributed by atoms with Gasteiger partial charge >= 0.3 is 0 Å². The van der Waals surface area contributed by atoms with Crippen molar-refractivity contribution >= 4 is 11.0 Å². The summed E-state index contributed by atoms with van der Waals surface area (Å²) in [6.45, 7) is 6.49. The molecule has 0 bridgehead atoms. The summed E-state index contributed by atoms with van der Waals surface area (Å²) in [6.07, 6.45) is 3.83. The van der Waals surface area contributed by atoms with Crippen LogP contribution in [0.1, 0.15) is 52.2 Å². The third kappa shape index (κ3) is 2.48. The van der Waals surface area contributed by atoms with Crippen molar-refractivity contribution in [2.45, 2.75) is 52.1 Å². The summed E-state index contributed by atoms with van der Waals surface area (Å²) in [5.74, 6) is 0.449. The van der Waals surface area contributed by atoms with Gasteiger partial charge < -0.3 is 9.52 Å². The van der Waals surface area contributed by atoms with Gasteiger partial charge in [0.1, 0.15) is 22.8 Å². The van der Waals surface area contributed by atoms with E-state index in [0.29, 0.717) is 17.8 Å². The fourth-order valence-corrected chi connectivity index (χ4v) is 3.83. The predicted octanol–water partition coefficient (Wildman–Crippen LogP) is 5.00. The summed E-state index contributed by atoms with van der Waals surface area (Å²) >= 11 is 0. The molecule has 0 aliphatic heterocycles.